The molecule has 0 saturated heterocycles. The predicted octanol–water partition coefficient (Wildman–Crippen LogP) is 3.64. The largest absolute Gasteiger partial charge is 0.314 e. The molecule has 2 rings (SSSR count). The van der Waals surface area contributed by atoms with Gasteiger partial charge in [-0.2, -0.15) is 0 Å². The number of allylic oxidation sites excluding steroid dienone is 1. The molecule has 0 spiro atoms. The number of hydrogen-bond donors (Lipinski definition) is 0. The van der Waals surface area contributed by atoms with Gasteiger partial charge in [-0.05, 0) is 31.3 Å². The summed E-state index contributed by atoms with van der Waals surface area (Å²) >= 11 is 6.04. The van der Waals surface area contributed by atoms with E-state index in [1.54, 1.807) is 6.07 Å². The van der Waals surface area contributed by atoms with E-state index in [2.05, 4.69) is 0 Å². The molecule has 0 fully saturated rings. The van der Waals surface area contributed by atoms with Gasteiger partial charge in [-0.15, -0.1) is 0 Å². The molecule has 0 aliphatic carbocycles. The fourth-order valence-electron chi connectivity index (χ4n) is 1.78. The van der Waals surface area contributed by atoms with Crippen LogP contribution in [0.4, 0.5) is 0 Å². The summed E-state index contributed by atoms with van der Waals surface area (Å²) < 4.78 is 12.5. The Hall–Kier alpha value is -0.520. The molecule has 1 heterocycles. The molecule has 1 nitrogen and oxygen atoms in total. The van der Waals surface area contributed by atoms with Gasteiger partial charge in [0.05, 0.1) is 5.02 Å². The van der Waals surface area contributed by atoms with E-state index in [0.29, 0.717) is 5.02 Å². The molecule has 14 heavy (non-hydrogen) atoms. The van der Waals surface area contributed by atoms with Crippen LogP contribution in [0.5, 0.6) is 0 Å². The summed E-state index contributed by atoms with van der Waals surface area (Å²) in [7, 11) is -2.31. The first-order chi connectivity index (χ1) is 6.62. The molecule has 3 heteroatoms. The van der Waals surface area contributed by atoms with Crippen LogP contribution in [0.3, 0.4) is 0 Å². The van der Waals surface area contributed by atoms with Crippen molar-refractivity contribution in [1.82, 2.24) is 0 Å². The summed E-state index contributed by atoms with van der Waals surface area (Å²) in [5.41, 5.74) is 1.22. The van der Waals surface area contributed by atoms with Crippen LogP contribution in [0.1, 0.15) is 13.3 Å². The Balaban J connectivity index is 2.51. The number of halogens is 1. The van der Waals surface area contributed by atoms with Gasteiger partial charge in [0.2, 0.25) is 0 Å². The summed E-state index contributed by atoms with van der Waals surface area (Å²) in [5, 5.41) is 1.44. The van der Waals surface area contributed by atoms with Gasteiger partial charge in [0, 0.05) is 11.5 Å². The zero-order valence-corrected chi connectivity index (χ0v) is 9.68. The van der Waals surface area contributed by atoms with E-state index < -0.39 is 7.14 Å². The Morgan fingerprint density at radius 2 is 2.07 bits per heavy atom. The summed E-state index contributed by atoms with van der Waals surface area (Å²) in [4.78, 5) is 0. The molecule has 1 aliphatic rings. The first kappa shape index (κ1) is 10.0. The van der Waals surface area contributed by atoms with Crippen molar-refractivity contribution in [2.24, 2.45) is 0 Å². The first-order valence-electron chi connectivity index (χ1n) is 4.64. The minimum Gasteiger partial charge on any atom is -0.314 e. The van der Waals surface area contributed by atoms with Gasteiger partial charge in [0.1, 0.15) is 7.14 Å². The lowest BCUT2D eigenvalue weighted by atomic mass is 10.3. The van der Waals surface area contributed by atoms with E-state index >= 15 is 0 Å². The van der Waals surface area contributed by atoms with Gasteiger partial charge in [-0.1, -0.05) is 29.3 Å². The molecule has 0 saturated carbocycles. The van der Waals surface area contributed by atoms with Gasteiger partial charge in [0.15, 0.2) is 0 Å². The second kappa shape index (κ2) is 3.56. The highest BCUT2D eigenvalue weighted by atomic mass is 35.5. The standard InChI is InChI=1S/C11H12ClOP/c1-9-6-7-14(13,8-9)11-5-3-2-4-10(11)12/h2-5,8H,6-7H2,1H3. The molecule has 1 atom stereocenters. The average molecular weight is 227 g/mol. The van der Waals surface area contributed by atoms with Crippen molar-refractivity contribution in [3.05, 3.63) is 40.7 Å². The Morgan fingerprint density at radius 1 is 1.36 bits per heavy atom. The molecule has 74 valence electrons. The van der Waals surface area contributed by atoms with Gasteiger partial charge in [-0.3, -0.25) is 0 Å². The summed E-state index contributed by atoms with van der Waals surface area (Å²) in [6, 6.07) is 7.43. The summed E-state index contributed by atoms with van der Waals surface area (Å²) in [6.07, 6.45) is 1.67. The molecule has 1 aromatic rings. The van der Waals surface area contributed by atoms with Crippen LogP contribution in [0.2, 0.25) is 5.02 Å². The topological polar surface area (TPSA) is 17.1 Å². The molecule has 1 unspecified atom stereocenters. The average Bonchev–Trinajstić information content (AvgIpc) is 2.48. The van der Waals surface area contributed by atoms with E-state index in [9.17, 15) is 4.57 Å². The molecular formula is C11H12ClOP. The van der Waals surface area contributed by atoms with Crippen molar-refractivity contribution in [2.75, 3.05) is 6.16 Å². The maximum absolute atomic E-state index is 12.5. The predicted molar refractivity (Wildman–Crippen MR) is 61.9 cm³/mol. The fraction of sp³-hybridized carbons (Fsp3) is 0.273. The molecule has 0 aromatic heterocycles. The van der Waals surface area contributed by atoms with Crippen molar-refractivity contribution >= 4 is 24.0 Å². The monoisotopic (exact) mass is 226 g/mol. The van der Waals surface area contributed by atoms with Gasteiger partial charge < -0.3 is 4.57 Å². The second-order valence-electron chi connectivity index (χ2n) is 3.70. The third-order valence-electron chi connectivity index (χ3n) is 2.53. The highest BCUT2D eigenvalue weighted by molar-refractivity contribution is 7.75. The highest BCUT2D eigenvalue weighted by Gasteiger charge is 2.28. The maximum Gasteiger partial charge on any atom is 0.138 e. The zero-order chi connectivity index (χ0) is 10.2. The number of rotatable bonds is 1. The Bertz CT molecular complexity index is 437. The van der Waals surface area contributed by atoms with Gasteiger partial charge in [0.25, 0.3) is 0 Å². The third kappa shape index (κ3) is 1.67. The lowest BCUT2D eigenvalue weighted by molar-refractivity contribution is 0.587. The number of benzene rings is 1. The molecule has 0 N–H and O–H groups in total. The zero-order valence-electron chi connectivity index (χ0n) is 8.03. The van der Waals surface area contributed by atoms with Crippen molar-refractivity contribution in [3.8, 4) is 0 Å². The van der Waals surface area contributed by atoms with Gasteiger partial charge >= 0.3 is 0 Å². The summed E-state index contributed by atoms with van der Waals surface area (Å²) in [6.45, 7) is 2.02. The Kier molecular flexibility index (Phi) is 2.55. The number of hydrogen-bond acceptors (Lipinski definition) is 1. The summed E-state index contributed by atoms with van der Waals surface area (Å²) in [5.74, 6) is 1.91. The molecule has 0 bridgehead atoms. The quantitative estimate of drug-likeness (QED) is 0.669. The molecule has 1 aliphatic heterocycles. The minimum absolute atomic E-state index is 0.627. The maximum atomic E-state index is 12.5. The van der Waals surface area contributed by atoms with Crippen molar-refractivity contribution < 1.29 is 4.57 Å². The molecular weight excluding hydrogens is 215 g/mol. The van der Waals surface area contributed by atoms with Crippen molar-refractivity contribution in [3.63, 3.8) is 0 Å². The van der Waals surface area contributed by atoms with Crippen LogP contribution in [0.15, 0.2) is 35.7 Å². The minimum atomic E-state index is -2.31. The van der Waals surface area contributed by atoms with Crippen LogP contribution < -0.4 is 5.30 Å². The molecule has 0 radical (unpaired) electrons. The van der Waals surface area contributed by atoms with Crippen LogP contribution in [0, 0.1) is 0 Å². The molecule has 0 amide bonds. The SMILES string of the molecule is CC1=CP(=O)(c2ccccc2Cl)CC1. The van der Waals surface area contributed by atoms with E-state index in [1.165, 1.54) is 5.57 Å². The molecule has 1 aromatic carbocycles. The Morgan fingerprint density at radius 3 is 2.64 bits per heavy atom. The third-order valence-corrected chi connectivity index (χ3v) is 5.94. The van der Waals surface area contributed by atoms with Crippen LogP contribution in [-0.4, -0.2) is 6.16 Å². The van der Waals surface area contributed by atoms with E-state index in [1.807, 2.05) is 30.9 Å². The Labute approximate surface area is 89.2 Å². The first-order valence-corrected chi connectivity index (χ1v) is 6.98. The van der Waals surface area contributed by atoms with E-state index in [0.717, 1.165) is 17.9 Å². The van der Waals surface area contributed by atoms with Crippen LogP contribution in [0.25, 0.3) is 0 Å². The second-order valence-corrected chi connectivity index (χ2v) is 6.88. The van der Waals surface area contributed by atoms with Crippen molar-refractivity contribution in [1.29, 1.82) is 0 Å². The van der Waals surface area contributed by atoms with Crippen LogP contribution in [-0.2, 0) is 4.57 Å². The normalized spacial score (nSPS) is 26.3. The fourth-order valence-corrected chi connectivity index (χ4v) is 5.15. The lowest BCUT2D eigenvalue weighted by Crippen LogP contribution is -2.04. The lowest BCUT2D eigenvalue weighted by Gasteiger charge is -2.10. The van der Waals surface area contributed by atoms with E-state index in [-0.39, 0.29) is 0 Å². The van der Waals surface area contributed by atoms with E-state index in [4.69, 9.17) is 11.6 Å². The highest BCUT2D eigenvalue weighted by Crippen LogP contribution is 2.54. The van der Waals surface area contributed by atoms with Gasteiger partial charge in [-0.25, -0.2) is 0 Å². The smallest absolute Gasteiger partial charge is 0.138 e. The van der Waals surface area contributed by atoms with Crippen molar-refractivity contribution in [2.45, 2.75) is 13.3 Å². The van der Waals surface area contributed by atoms with Crippen LogP contribution >= 0.6 is 18.7 Å².